The van der Waals surface area contributed by atoms with E-state index in [0.717, 1.165) is 27.4 Å². The number of hydrogen-bond acceptors (Lipinski definition) is 4. The molecular weight excluding hydrogens is 424 g/mol. The van der Waals surface area contributed by atoms with Crippen LogP contribution in [0.15, 0.2) is 42.5 Å². The number of rotatable bonds is 9. The van der Waals surface area contributed by atoms with Crippen LogP contribution in [0.1, 0.15) is 43.9 Å². The summed E-state index contributed by atoms with van der Waals surface area (Å²) in [5.41, 5.74) is 2.26. The lowest BCUT2D eigenvalue weighted by molar-refractivity contribution is -0.123. The van der Waals surface area contributed by atoms with Crippen molar-refractivity contribution in [3.8, 4) is 5.75 Å². The third-order valence-electron chi connectivity index (χ3n) is 4.94. The maximum atomic E-state index is 13.2. The number of sulfonamides is 1. The Morgan fingerprint density at radius 1 is 1.17 bits per heavy atom. The molecule has 0 heterocycles. The summed E-state index contributed by atoms with van der Waals surface area (Å²) in [6.45, 7) is 5.69. The summed E-state index contributed by atoms with van der Waals surface area (Å²) in [4.78, 5) is 13.2. The van der Waals surface area contributed by atoms with Crippen molar-refractivity contribution < 1.29 is 17.9 Å². The van der Waals surface area contributed by atoms with Gasteiger partial charge in [0.1, 0.15) is 11.8 Å². The first-order chi connectivity index (χ1) is 14.1. The van der Waals surface area contributed by atoms with Gasteiger partial charge >= 0.3 is 0 Å². The molecule has 8 heteroatoms. The van der Waals surface area contributed by atoms with E-state index in [0.29, 0.717) is 23.6 Å². The van der Waals surface area contributed by atoms with E-state index in [4.69, 9.17) is 16.3 Å². The standard InChI is InChI=1S/C22H29ClN2O4S/c1-6-19(16-11-12-21(29-4)15(3)13-16)24-22(26)20(7-2)25(30(5,27)28)18-10-8-9-17(23)14-18/h8-14,19-20H,6-7H2,1-5H3,(H,24,26)/t19-,20-/m1/s1. The zero-order chi connectivity index (χ0) is 22.5. The molecule has 2 aromatic rings. The largest absolute Gasteiger partial charge is 0.496 e. The first kappa shape index (κ1) is 24.0. The van der Waals surface area contributed by atoms with E-state index in [2.05, 4.69) is 5.32 Å². The summed E-state index contributed by atoms with van der Waals surface area (Å²) in [6, 6.07) is 11.1. The van der Waals surface area contributed by atoms with Gasteiger partial charge in [-0.2, -0.15) is 0 Å². The second-order valence-electron chi connectivity index (χ2n) is 7.16. The highest BCUT2D eigenvalue weighted by Crippen LogP contribution is 2.27. The van der Waals surface area contributed by atoms with Crippen LogP contribution >= 0.6 is 11.6 Å². The van der Waals surface area contributed by atoms with Gasteiger partial charge in [0, 0.05) is 5.02 Å². The molecule has 0 radical (unpaired) electrons. The van der Waals surface area contributed by atoms with Crippen molar-refractivity contribution >= 4 is 33.2 Å². The van der Waals surface area contributed by atoms with E-state index in [1.54, 1.807) is 38.3 Å². The normalized spacial score (nSPS) is 13.4. The number of hydrogen-bond donors (Lipinski definition) is 1. The van der Waals surface area contributed by atoms with Crippen LogP contribution in [0.2, 0.25) is 5.02 Å². The number of amides is 1. The molecule has 6 nitrogen and oxygen atoms in total. The van der Waals surface area contributed by atoms with Crippen LogP contribution < -0.4 is 14.4 Å². The number of methoxy groups -OCH3 is 1. The Bertz CT molecular complexity index is 994. The number of halogens is 1. The topological polar surface area (TPSA) is 75.7 Å². The Kier molecular flexibility index (Phi) is 8.15. The number of carbonyl (C=O) groups is 1. The fourth-order valence-corrected chi connectivity index (χ4v) is 4.87. The third kappa shape index (κ3) is 5.67. The van der Waals surface area contributed by atoms with Crippen LogP contribution in [-0.2, 0) is 14.8 Å². The van der Waals surface area contributed by atoms with Gasteiger partial charge in [0.05, 0.1) is 25.1 Å². The van der Waals surface area contributed by atoms with Crippen molar-refractivity contribution in [1.82, 2.24) is 5.32 Å². The quantitative estimate of drug-likeness (QED) is 0.609. The van der Waals surface area contributed by atoms with Crippen molar-refractivity contribution in [3.63, 3.8) is 0 Å². The summed E-state index contributed by atoms with van der Waals surface area (Å²) in [7, 11) is -2.10. The van der Waals surface area contributed by atoms with E-state index < -0.39 is 16.1 Å². The Balaban J connectivity index is 2.35. The molecule has 0 aromatic heterocycles. The molecule has 0 bridgehead atoms. The Hall–Kier alpha value is -2.25. The molecule has 0 saturated carbocycles. The predicted octanol–water partition coefficient (Wildman–Crippen LogP) is 4.47. The minimum Gasteiger partial charge on any atom is -0.496 e. The fourth-order valence-electron chi connectivity index (χ4n) is 3.48. The first-order valence-electron chi connectivity index (χ1n) is 9.82. The van der Waals surface area contributed by atoms with Crippen LogP contribution in [-0.4, -0.2) is 33.7 Å². The molecule has 2 rings (SSSR count). The third-order valence-corrected chi connectivity index (χ3v) is 6.35. The predicted molar refractivity (Wildman–Crippen MR) is 122 cm³/mol. The number of benzene rings is 2. The van der Waals surface area contributed by atoms with Gasteiger partial charge in [0.2, 0.25) is 15.9 Å². The van der Waals surface area contributed by atoms with Gasteiger partial charge in [-0.25, -0.2) is 8.42 Å². The van der Waals surface area contributed by atoms with Crippen LogP contribution in [0.3, 0.4) is 0 Å². The number of aryl methyl sites for hydroxylation is 1. The highest BCUT2D eigenvalue weighted by molar-refractivity contribution is 7.92. The van der Waals surface area contributed by atoms with Crippen molar-refractivity contribution in [2.75, 3.05) is 17.7 Å². The number of ether oxygens (including phenoxy) is 1. The Labute approximate surface area is 184 Å². The summed E-state index contributed by atoms with van der Waals surface area (Å²) in [5, 5.41) is 3.42. The minimum atomic E-state index is -3.72. The van der Waals surface area contributed by atoms with Crippen LogP contribution in [0.5, 0.6) is 5.75 Å². The summed E-state index contributed by atoms with van der Waals surface area (Å²) >= 11 is 6.06. The van der Waals surface area contributed by atoms with E-state index in [9.17, 15) is 13.2 Å². The molecule has 0 unspecified atom stereocenters. The van der Waals surface area contributed by atoms with Crippen molar-refractivity contribution in [2.24, 2.45) is 0 Å². The molecule has 0 aliphatic carbocycles. The smallest absolute Gasteiger partial charge is 0.244 e. The van der Waals surface area contributed by atoms with Gasteiger partial charge in [0.25, 0.3) is 0 Å². The highest BCUT2D eigenvalue weighted by atomic mass is 35.5. The van der Waals surface area contributed by atoms with Crippen LogP contribution in [0.4, 0.5) is 5.69 Å². The molecule has 1 N–H and O–H groups in total. The molecule has 30 heavy (non-hydrogen) atoms. The number of carbonyl (C=O) groups excluding carboxylic acids is 1. The van der Waals surface area contributed by atoms with E-state index in [1.165, 1.54) is 0 Å². The van der Waals surface area contributed by atoms with E-state index >= 15 is 0 Å². The Morgan fingerprint density at radius 3 is 2.37 bits per heavy atom. The zero-order valence-electron chi connectivity index (χ0n) is 18.0. The molecule has 0 fully saturated rings. The van der Waals surface area contributed by atoms with Crippen LogP contribution in [0.25, 0.3) is 0 Å². The molecule has 2 atom stereocenters. The highest BCUT2D eigenvalue weighted by Gasteiger charge is 2.32. The molecular formula is C22H29ClN2O4S. The average molecular weight is 453 g/mol. The lowest BCUT2D eigenvalue weighted by atomic mass is 10.0. The van der Waals surface area contributed by atoms with Crippen molar-refractivity contribution in [3.05, 3.63) is 58.6 Å². The number of nitrogens with one attached hydrogen (secondary N) is 1. The average Bonchev–Trinajstić information content (AvgIpc) is 2.68. The first-order valence-corrected chi connectivity index (χ1v) is 12.0. The molecule has 0 aliphatic rings. The minimum absolute atomic E-state index is 0.253. The summed E-state index contributed by atoms with van der Waals surface area (Å²) in [5.74, 6) is 0.416. The van der Waals surface area contributed by atoms with E-state index in [-0.39, 0.29) is 11.9 Å². The van der Waals surface area contributed by atoms with Gasteiger partial charge in [-0.15, -0.1) is 0 Å². The SMILES string of the molecule is CC[C@H](C(=O)N[C@H](CC)c1ccc(OC)c(C)c1)N(c1cccc(Cl)c1)S(C)(=O)=O. The fraction of sp³-hybridized carbons (Fsp3) is 0.409. The molecule has 0 spiro atoms. The Morgan fingerprint density at radius 2 is 1.87 bits per heavy atom. The summed E-state index contributed by atoms with van der Waals surface area (Å²) < 4.78 is 31.6. The number of nitrogens with zero attached hydrogens (tertiary/aromatic N) is 1. The van der Waals surface area contributed by atoms with Gasteiger partial charge in [-0.05, 0) is 55.2 Å². The molecule has 2 aromatic carbocycles. The molecule has 1 amide bonds. The second-order valence-corrected chi connectivity index (χ2v) is 9.46. The van der Waals surface area contributed by atoms with Gasteiger partial charge in [0.15, 0.2) is 0 Å². The van der Waals surface area contributed by atoms with Crippen LogP contribution in [0, 0.1) is 6.92 Å². The lowest BCUT2D eigenvalue weighted by Gasteiger charge is -2.31. The lowest BCUT2D eigenvalue weighted by Crippen LogP contribution is -2.50. The van der Waals surface area contributed by atoms with Crippen molar-refractivity contribution in [2.45, 2.75) is 45.7 Å². The monoisotopic (exact) mass is 452 g/mol. The summed E-state index contributed by atoms with van der Waals surface area (Å²) in [6.07, 6.45) is 2.06. The van der Waals surface area contributed by atoms with Gasteiger partial charge in [-0.1, -0.05) is 43.6 Å². The maximum absolute atomic E-state index is 13.2. The van der Waals surface area contributed by atoms with Gasteiger partial charge in [-0.3, -0.25) is 9.10 Å². The number of anilines is 1. The van der Waals surface area contributed by atoms with Crippen molar-refractivity contribution in [1.29, 1.82) is 0 Å². The van der Waals surface area contributed by atoms with E-state index in [1.807, 2.05) is 32.0 Å². The molecule has 164 valence electrons. The van der Waals surface area contributed by atoms with Gasteiger partial charge < -0.3 is 10.1 Å². The second kappa shape index (κ2) is 10.2. The zero-order valence-corrected chi connectivity index (χ0v) is 19.5. The maximum Gasteiger partial charge on any atom is 0.244 e. The molecule has 0 aliphatic heterocycles. The molecule has 0 saturated heterocycles.